The quantitative estimate of drug-likeness (QED) is 0.873. The zero-order chi connectivity index (χ0) is 13.2. The van der Waals surface area contributed by atoms with E-state index in [-0.39, 0.29) is 11.9 Å². The normalized spacial score (nSPS) is 22.9. The summed E-state index contributed by atoms with van der Waals surface area (Å²) in [5.74, 6) is 1.09. The molecule has 2 aliphatic rings. The lowest BCUT2D eigenvalue weighted by Crippen LogP contribution is -2.39. The summed E-state index contributed by atoms with van der Waals surface area (Å²) >= 11 is 0. The molecule has 1 aliphatic carbocycles. The van der Waals surface area contributed by atoms with Gasteiger partial charge in [0.1, 0.15) is 5.75 Å². The minimum absolute atomic E-state index is 0.0298. The van der Waals surface area contributed by atoms with Crippen LogP contribution < -0.4 is 10.1 Å². The SMILES string of the molecule is COc1ccccc1CN1CCC(NC2CC2)C1=O. The van der Waals surface area contributed by atoms with Crippen LogP contribution in [0.4, 0.5) is 0 Å². The van der Waals surface area contributed by atoms with Crippen molar-refractivity contribution in [2.75, 3.05) is 13.7 Å². The molecular weight excluding hydrogens is 240 g/mol. The molecule has 1 saturated carbocycles. The van der Waals surface area contributed by atoms with Crippen LogP contribution in [0, 0.1) is 0 Å². The molecule has 102 valence electrons. The van der Waals surface area contributed by atoms with E-state index >= 15 is 0 Å². The molecule has 1 unspecified atom stereocenters. The number of carbonyl (C=O) groups is 1. The number of benzene rings is 1. The summed E-state index contributed by atoms with van der Waals surface area (Å²) in [6, 6.07) is 8.51. The highest BCUT2D eigenvalue weighted by molar-refractivity contribution is 5.84. The third-order valence-electron chi connectivity index (χ3n) is 3.87. The van der Waals surface area contributed by atoms with E-state index in [1.807, 2.05) is 29.2 Å². The molecule has 1 aromatic carbocycles. The summed E-state index contributed by atoms with van der Waals surface area (Å²) in [6.07, 6.45) is 3.36. The number of carbonyl (C=O) groups excluding carboxylic acids is 1. The Balaban J connectivity index is 1.65. The minimum atomic E-state index is 0.0298. The lowest BCUT2D eigenvalue weighted by Gasteiger charge is -2.18. The van der Waals surface area contributed by atoms with Gasteiger partial charge >= 0.3 is 0 Å². The van der Waals surface area contributed by atoms with Gasteiger partial charge in [0.2, 0.25) is 5.91 Å². The fourth-order valence-corrected chi connectivity index (χ4v) is 2.62. The van der Waals surface area contributed by atoms with Crippen LogP contribution in [0.25, 0.3) is 0 Å². The van der Waals surface area contributed by atoms with Crippen LogP contribution in [0.2, 0.25) is 0 Å². The zero-order valence-electron chi connectivity index (χ0n) is 11.3. The summed E-state index contributed by atoms with van der Waals surface area (Å²) in [5, 5.41) is 3.42. The standard InChI is InChI=1S/C15H20N2O2/c1-19-14-5-3-2-4-11(14)10-17-9-8-13(15(17)18)16-12-6-7-12/h2-5,12-13,16H,6-10H2,1H3. The minimum Gasteiger partial charge on any atom is -0.496 e. The Kier molecular flexibility index (Phi) is 3.42. The van der Waals surface area contributed by atoms with E-state index < -0.39 is 0 Å². The molecule has 1 saturated heterocycles. The fraction of sp³-hybridized carbons (Fsp3) is 0.533. The van der Waals surface area contributed by atoms with E-state index in [9.17, 15) is 4.79 Å². The first-order valence-electron chi connectivity index (χ1n) is 6.94. The highest BCUT2D eigenvalue weighted by atomic mass is 16.5. The summed E-state index contributed by atoms with van der Waals surface area (Å²) in [6.45, 7) is 1.48. The lowest BCUT2D eigenvalue weighted by molar-refractivity contribution is -0.130. The van der Waals surface area contributed by atoms with Gasteiger partial charge in [0.25, 0.3) is 0 Å². The van der Waals surface area contributed by atoms with Crippen LogP contribution >= 0.6 is 0 Å². The molecule has 3 rings (SSSR count). The van der Waals surface area contributed by atoms with Gasteiger partial charge in [-0.3, -0.25) is 4.79 Å². The van der Waals surface area contributed by atoms with Gasteiger partial charge in [0.05, 0.1) is 13.2 Å². The van der Waals surface area contributed by atoms with Crippen molar-refractivity contribution in [1.29, 1.82) is 0 Å². The summed E-state index contributed by atoms with van der Waals surface area (Å²) in [7, 11) is 1.67. The van der Waals surface area contributed by atoms with Crippen LogP contribution in [-0.2, 0) is 11.3 Å². The van der Waals surface area contributed by atoms with Crippen LogP contribution in [0.5, 0.6) is 5.75 Å². The molecule has 19 heavy (non-hydrogen) atoms. The number of nitrogens with zero attached hydrogens (tertiary/aromatic N) is 1. The molecule has 0 radical (unpaired) electrons. The molecular formula is C15H20N2O2. The van der Waals surface area contributed by atoms with Crippen molar-refractivity contribution < 1.29 is 9.53 Å². The topological polar surface area (TPSA) is 41.6 Å². The van der Waals surface area contributed by atoms with Crippen molar-refractivity contribution in [3.05, 3.63) is 29.8 Å². The van der Waals surface area contributed by atoms with Crippen molar-refractivity contribution in [2.45, 2.75) is 37.9 Å². The predicted octanol–water partition coefficient (Wildman–Crippen LogP) is 1.55. The molecule has 0 bridgehead atoms. The van der Waals surface area contributed by atoms with Gasteiger partial charge in [-0.15, -0.1) is 0 Å². The Hall–Kier alpha value is -1.55. The Morgan fingerprint density at radius 2 is 2.11 bits per heavy atom. The number of likely N-dealkylation sites (tertiary alicyclic amines) is 1. The first-order valence-corrected chi connectivity index (χ1v) is 6.94. The van der Waals surface area contributed by atoms with E-state index in [1.165, 1.54) is 12.8 Å². The van der Waals surface area contributed by atoms with E-state index in [0.717, 1.165) is 24.3 Å². The van der Waals surface area contributed by atoms with Crippen molar-refractivity contribution in [3.8, 4) is 5.75 Å². The number of hydrogen-bond donors (Lipinski definition) is 1. The molecule has 1 aromatic rings. The van der Waals surface area contributed by atoms with E-state index in [4.69, 9.17) is 4.74 Å². The zero-order valence-corrected chi connectivity index (χ0v) is 11.3. The average Bonchev–Trinajstić information content (AvgIpc) is 3.19. The number of rotatable bonds is 5. The number of amides is 1. The van der Waals surface area contributed by atoms with Gasteiger partial charge in [0, 0.05) is 24.7 Å². The third-order valence-corrected chi connectivity index (χ3v) is 3.87. The van der Waals surface area contributed by atoms with Gasteiger partial charge in [-0.2, -0.15) is 0 Å². The molecule has 4 heteroatoms. The fourth-order valence-electron chi connectivity index (χ4n) is 2.62. The van der Waals surface area contributed by atoms with E-state index in [2.05, 4.69) is 5.32 Å². The van der Waals surface area contributed by atoms with Gasteiger partial charge in [-0.25, -0.2) is 0 Å². The smallest absolute Gasteiger partial charge is 0.240 e. The first-order chi connectivity index (χ1) is 9.28. The molecule has 4 nitrogen and oxygen atoms in total. The lowest BCUT2D eigenvalue weighted by atomic mass is 10.2. The van der Waals surface area contributed by atoms with Gasteiger partial charge in [-0.05, 0) is 25.3 Å². The first kappa shape index (κ1) is 12.5. The molecule has 0 aromatic heterocycles. The van der Waals surface area contributed by atoms with E-state index in [0.29, 0.717) is 12.6 Å². The van der Waals surface area contributed by atoms with E-state index in [1.54, 1.807) is 7.11 Å². The molecule has 1 aliphatic heterocycles. The Morgan fingerprint density at radius 1 is 1.32 bits per heavy atom. The molecule has 0 spiro atoms. The number of methoxy groups -OCH3 is 1. The third kappa shape index (κ3) is 2.73. The predicted molar refractivity (Wildman–Crippen MR) is 73.0 cm³/mol. The van der Waals surface area contributed by atoms with Crippen molar-refractivity contribution in [3.63, 3.8) is 0 Å². The van der Waals surface area contributed by atoms with Crippen molar-refractivity contribution in [2.24, 2.45) is 0 Å². The highest BCUT2D eigenvalue weighted by Gasteiger charge is 2.35. The van der Waals surface area contributed by atoms with Gasteiger partial charge in [0.15, 0.2) is 0 Å². The van der Waals surface area contributed by atoms with Crippen LogP contribution in [0.15, 0.2) is 24.3 Å². The number of hydrogen-bond acceptors (Lipinski definition) is 3. The van der Waals surface area contributed by atoms with Crippen molar-refractivity contribution >= 4 is 5.91 Å². The second-order valence-corrected chi connectivity index (χ2v) is 5.35. The molecule has 2 fully saturated rings. The maximum absolute atomic E-state index is 12.3. The van der Waals surface area contributed by atoms with Crippen LogP contribution in [0.1, 0.15) is 24.8 Å². The number of nitrogens with one attached hydrogen (secondary N) is 1. The molecule has 1 atom stereocenters. The molecule has 1 N–H and O–H groups in total. The Labute approximate surface area is 113 Å². The monoisotopic (exact) mass is 260 g/mol. The van der Waals surface area contributed by atoms with Crippen LogP contribution in [-0.4, -0.2) is 36.5 Å². The number of ether oxygens (including phenoxy) is 1. The Bertz CT molecular complexity index is 471. The van der Waals surface area contributed by atoms with Crippen LogP contribution in [0.3, 0.4) is 0 Å². The molecule has 1 heterocycles. The van der Waals surface area contributed by atoms with Gasteiger partial charge in [-0.1, -0.05) is 18.2 Å². The number of para-hydroxylation sites is 1. The summed E-state index contributed by atoms with van der Waals surface area (Å²) in [4.78, 5) is 14.2. The Morgan fingerprint density at radius 3 is 2.84 bits per heavy atom. The second kappa shape index (κ2) is 5.21. The largest absolute Gasteiger partial charge is 0.496 e. The average molecular weight is 260 g/mol. The maximum Gasteiger partial charge on any atom is 0.240 e. The summed E-state index contributed by atoms with van der Waals surface area (Å²) in [5.41, 5.74) is 1.07. The summed E-state index contributed by atoms with van der Waals surface area (Å²) < 4.78 is 5.34. The second-order valence-electron chi connectivity index (χ2n) is 5.35. The van der Waals surface area contributed by atoms with Gasteiger partial charge < -0.3 is 15.0 Å². The highest BCUT2D eigenvalue weighted by Crippen LogP contribution is 2.25. The maximum atomic E-state index is 12.3. The molecule has 1 amide bonds. The van der Waals surface area contributed by atoms with Crippen molar-refractivity contribution in [1.82, 2.24) is 10.2 Å².